The van der Waals surface area contributed by atoms with E-state index in [0.717, 1.165) is 4.90 Å². The number of ether oxygens (including phenoxy) is 1. The highest BCUT2D eigenvalue weighted by molar-refractivity contribution is 7.98. The molecular formula is C12H12ClNO3S. The monoisotopic (exact) mass is 285 g/mol. The van der Waals surface area contributed by atoms with Gasteiger partial charge in [0.25, 0.3) is 0 Å². The van der Waals surface area contributed by atoms with E-state index >= 15 is 0 Å². The van der Waals surface area contributed by atoms with Gasteiger partial charge in [-0.2, -0.15) is 0 Å². The summed E-state index contributed by atoms with van der Waals surface area (Å²) in [4.78, 5) is 12.7. The lowest BCUT2D eigenvalue weighted by atomic mass is 10.4. The molecular weight excluding hydrogens is 274 g/mol. The Kier molecular flexibility index (Phi) is 5.25. The molecule has 2 rings (SSSR count). The van der Waals surface area contributed by atoms with Crippen molar-refractivity contribution in [1.29, 1.82) is 0 Å². The van der Waals surface area contributed by atoms with E-state index in [1.807, 2.05) is 30.8 Å². The van der Waals surface area contributed by atoms with E-state index in [9.17, 15) is 4.79 Å². The van der Waals surface area contributed by atoms with Gasteiger partial charge < -0.3 is 21.6 Å². The summed E-state index contributed by atoms with van der Waals surface area (Å²) in [6, 6.07) is 5.31. The van der Waals surface area contributed by atoms with Gasteiger partial charge in [-0.3, -0.25) is 4.79 Å². The molecule has 0 saturated heterocycles. The average Bonchev–Trinajstić information content (AvgIpc) is 2.39. The molecule has 0 N–H and O–H groups in total. The lowest BCUT2D eigenvalue weighted by Gasteiger charge is -1.98. The molecule has 0 bridgehead atoms. The molecule has 0 spiro atoms. The highest BCUT2D eigenvalue weighted by atomic mass is 35.5. The maximum atomic E-state index is 11.6. The van der Waals surface area contributed by atoms with Crippen LogP contribution in [0.2, 0.25) is 0 Å². The first kappa shape index (κ1) is 14.6. The molecule has 0 saturated carbocycles. The predicted molar refractivity (Wildman–Crippen MR) is 64.8 cm³/mol. The van der Waals surface area contributed by atoms with Crippen LogP contribution in [-0.4, -0.2) is 13.4 Å². The number of methoxy groups -OCH3 is 1. The van der Waals surface area contributed by atoms with Gasteiger partial charge in [0.15, 0.2) is 12.4 Å². The van der Waals surface area contributed by atoms with Crippen molar-refractivity contribution >= 4 is 11.8 Å². The Balaban J connectivity index is 0.00000162. The van der Waals surface area contributed by atoms with Crippen LogP contribution in [0.1, 0.15) is 0 Å². The first-order valence-electron chi connectivity index (χ1n) is 4.97. The quantitative estimate of drug-likeness (QED) is 0.517. The van der Waals surface area contributed by atoms with Crippen molar-refractivity contribution in [2.45, 2.75) is 4.90 Å². The maximum absolute atomic E-state index is 11.6. The summed E-state index contributed by atoms with van der Waals surface area (Å²) in [6.07, 6.45) is 7.01. The van der Waals surface area contributed by atoms with Crippen LogP contribution in [0.4, 0.5) is 0 Å². The smallest absolute Gasteiger partial charge is 0.382 e. The number of pyridine rings is 1. The molecule has 0 aliphatic carbocycles. The van der Waals surface area contributed by atoms with Crippen molar-refractivity contribution in [3.63, 3.8) is 0 Å². The van der Waals surface area contributed by atoms with Crippen LogP contribution in [-0.2, 0) is 0 Å². The number of hydrogen-bond acceptors (Lipinski definition) is 4. The zero-order valence-electron chi connectivity index (χ0n) is 9.92. The molecule has 18 heavy (non-hydrogen) atoms. The molecule has 6 heteroatoms. The summed E-state index contributed by atoms with van der Waals surface area (Å²) in [7, 11) is 1.44. The van der Waals surface area contributed by atoms with E-state index in [1.54, 1.807) is 16.3 Å². The van der Waals surface area contributed by atoms with Crippen molar-refractivity contribution in [1.82, 2.24) is 0 Å². The molecule has 0 aliphatic heterocycles. The van der Waals surface area contributed by atoms with Crippen LogP contribution in [0.25, 0.3) is 5.88 Å². The molecule has 0 atom stereocenters. The summed E-state index contributed by atoms with van der Waals surface area (Å²) in [5.74, 6) is 0.665. The van der Waals surface area contributed by atoms with E-state index in [0.29, 0.717) is 5.88 Å². The predicted octanol–water partition coefficient (Wildman–Crippen LogP) is -1.35. The second-order valence-corrected chi connectivity index (χ2v) is 4.18. The number of nitrogens with zero attached hydrogens (tertiary/aromatic N) is 1. The largest absolute Gasteiger partial charge is 1.00 e. The molecule has 2 heterocycles. The SMILES string of the molecule is COc1coc(-[n+]2ccc(SC)cc2)cc1=O.[Cl-]. The third-order valence-corrected chi connectivity index (χ3v) is 3.04. The van der Waals surface area contributed by atoms with Gasteiger partial charge in [0, 0.05) is 17.0 Å². The molecule has 0 radical (unpaired) electrons. The van der Waals surface area contributed by atoms with Crippen LogP contribution >= 0.6 is 11.8 Å². The van der Waals surface area contributed by atoms with E-state index in [-0.39, 0.29) is 23.6 Å². The van der Waals surface area contributed by atoms with Crippen molar-refractivity contribution in [3.8, 4) is 11.6 Å². The van der Waals surface area contributed by atoms with Crippen molar-refractivity contribution in [2.24, 2.45) is 0 Å². The number of rotatable bonds is 3. The summed E-state index contributed by atoms with van der Waals surface area (Å²) < 4.78 is 11.9. The third kappa shape index (κ3) is 3.05. The van der Waals surface area contributed by atoms with Gasteiger partial charge in [-0.1, -0.05) is 0 Å². The van der Waals surface area contributed by atoms with Gasteiger partial charge in [0.2, 0.25) is 11.2 Å². The Labute approximate surface area is 115 Å². The summed E-state index contributed by atoms with van der Waals surface area (Å²) in [5.41, 5.74) is -0.199. The van der Waals surface area contributed by atoms with Gasteiger partial charge in [0.1, 0.15) is 12.3 Å². The van der Waals surface area contributed by atoms with Crippen LogP contribution in [0.15, 0.2) is 51.0 Å². The topological polar surface area (TPSA) is 43.3 Å². The zero-order chi connectivity index (χ0) is 12.3. The van der Waals surface area contributed by atoms with E-state index < -0.39 is 0 Å². The lowest BCUT2D eigenvalue weighted by molar-refractivity contribution is -0.610. The third-order valence-electron chi connectivity index (χ3n) is 2.29. The Hall–Kier alpha value is -1.46. The number of thioether (sulfide) groups is 1. The molecule has 0 amide bonds. The normalized spacial score (nSPS) is 9.67. The first-order valence-corrected chi connectivity index (χ1v) is 6.19. The fourth-order valence-electron chi connectivity index (χ4n) is 1.37. The second kappa shape index (κ2) is 6.47. The highest BCUT2D eigenvalue weighted by Crippen LogP contribution is 2.11. The number of halogens is 1. The molecule has 0 unspecified atom stereocenters. The molecule has 4 nitrogen and oxygen atoms in total. The van der Waals surface area contributed by atoms with E-state index in [1.165, 1.54) is 19.4 Å². The minimum absolute atomic E-state index is 0. The molecule has 2 aromatic rings. The Bertz CT molecular complexity index is 568. The van der Waals surface area contributed by atoms with Gasteiger partial charge >= 0.3 is 5.88 Å². The van der Waals surface area contributed by atoms with Crippen LogP contribution in [0.3, 0.4) is 0 Å². The van der Waals surface area contributed by atoms with Crippen molar-refractivity contribution in [2.75, 3.05) is 13.4 Å². The lowest BCUT2D eigenvalue weighted by Crippen LogP contribution is -3.00. The summed E-state index contributed by atoms with van der Waals surface area (Å²) in [6.45, 7) is 0. The first-order chi connectivity index (χ1) is 8.24. The fraction of sp³-hybridized carbons (Fsp3) is 0.167. The average molecular weight is 286 g/mol. The molecule has 96 valence electrons. The summed E-state index contributed by atoms with van der Waals surface area (Å²) in [5, 5.41) is 0. The maximum Gasteiger partial charge on any atom is 0.382 e. The van der Waals surface area contributed by atoms with Gasteiger partial charge in [-0.05, 0) is 6.26 Å². The Morgan fingerprint density at radius 1 is 1.33 bits per heavy atom. The van der Waals surface area contributed by atoms with Crippen LogP contribution in [0.5, 0.6) is 5.75 Å². The molecule has 2 aromatic heterocycles. The van der Waals surface area contributed by atoms with Gasteiger partial charge in [0.05, 0.1) is 7.11 Å². The molecule has 0 aliphatic rings. The molecule has 0 aromatic carbocycles. The van der Waals surface area contributed by atoms with Crippen LogP contribution in [0, 0.1) is 0 Å². The van der Waals surface area contributed by atoms with Gasteiger partial charge in [-0.15, -0.1) is 16.3 Å². The van der Waals surface area contributed by atoms with Crippen molar-refractivity contribution in [3.05, 3.63) is 47.1 Å². The fourth-order valence-corrected chi connectivity index (χ4v) is 1.76. The van der Waals surface area contributed by atoms with E-state index in [4.69, 9.17) is 9.15 Å². The van der Waals surface area contributed by atoms with Crippen molar-refractivity contribution < 1.29 is 26.1 Å². The number of hydrogen-bond donors (Lipinski definition) is 0. The second-order valence-electron chi connectivity index (χ2n) is 3.30. The highest BCUT2D eigenvalue weighted by Gasteiger charge is 2.11. The zero-order valence-corrected chi connectivity index (χ0v) is 11.5. The van der Waals surface area contributed by atoms with Crippen LogP contribution < -0.4 is 27.1 Å². The summed E-state index contributed by atoms with van der Waals surface area (Å²) >= 11 is 1.66. The standard InChI is InChI=1S/C12H12NO3S.ClH/c1-15-11-8-16-12(7-10(11)14)13-5-3-9(17-2)4-6-13;/h3-8H,1-2H3;1H/q+1;/p-1. The minimum Gasteiger partial charge on any atom is -1.00 e. The number of aromatic nitrogens is 1. The van der Waals surface area contributed by atoms with Gasteiger partial charge in [-0.25, -0.2) is 0 Å². The van der Waals surface area contributed by atoms with E-state index in [2.05, 4.69) is 0 Å². The minimum atomic E-state index is -0.199. The molecule has 0 fully saturated rings. The Morgan fingerprint density at radius 3 is 2.50 bits per heavy atom. The Morgan fingerprint density at radius 2 is 2.00 bits per heavy atom.